The molecule has 7 atom stereocenters. The van der Waals surface area contributed by atoms with Gasteiger partial charge in [0.2, 0.25) is 5.91 Å². The Bertz CT molecular complexity index is 492. The van der Waals surface area contributed by atoms with Crippen LogP contribution in [0.4, 0.5) is 0 Å². The van der Waals surface area contributed by atoms with E-state index < -0.39 is 0 Å². The van der Waals surface area contributed by atoms with Gasteiger partial charge in [0.25, 0.3) is 0 Å². The minimum absolute atomic E-state index is 0.0728. The average Bonchev–Trinajstić information content (AvgIpc) is 2.52. The van der Waals surface area contributed by atoms with Crippen molar-refractivity contribution in [3.8, 4) is 0 Å². The zero-order valence-electron chi connectivity index (χ0n) is 15.1. The van der Waals surface area contributed by atoms with Gasteiger partial charge in [-0.05, 0) is 87.4 Å². The van der Waals surface area contributed by atoms with Gasteiger partial charge in [-0.25, -0.2) is 0 Å². The molecule has 1 heterocycles. The smallest absolute Gasteiger partial charge is 0.220 e. The van der Waals surface area contributed by atoms with E-state index in [1.165, 1.54) is 44.9 Å². The maximum atomic E-state index is 11.9. The normalized spacial score (nSPS) is 52.8. The highest BCUT2D eigenvalue weighted by Gasteiger charge is 2.57. The molecule has 0 unspecified atom stereocenters. The lowest BCUT2D eigenvalue weighted by molar-refractivity contribution is -0.143. The van der Waals surface area contributed by atoms with Gasteiger partial charge in [-0.3, -0.25) is 4.79 Å². The lowest BCUT2D eigenvalue weighted by Gasteiger charge is -2.62. The Morgan fingerprint density at radius 3 is 2.65 bits per heavy atom. The summed E-state index contributed by atoms with van der Waals surface area (Å²) in [4.78, 5) is 11.9. The number of amides is 1. The molecule has 4 aliphatic rings. The molecule has 4 rings (SSSR count). The predicted octanol–water partition coefficient (Wildman–Crippen LogP) is 3.91. The van der Waals surface area contributed by atoms with E-state index in [1.807, 2.05) is 7.11 Å². The Labute approximate surface area is 140 Å². The lowest BCUT2D eigenvalue weighted by Crippen LogP contribution is -2.63. The second-order valence-electron chi connectivity index (χ2n) is 9.33. The minimum atomic E-state index is 0.0728. The van der Waals surface area contributed by atoms with Gasteiger partial charge in [-0.15, -0.1) is 0 Å². The van der Waals surface area contributed by atoms with Crippen molar-refractivity contribution in [3.63, 3.8) is 0 Å². The molecule has 3 saturated carbocycles. The molecule has 1 amide bonds. The molecule has 0 aromatic heterocycles. The summed E-state index contributed by atoms with van der Waals surface area (Å²) in [6, 6.07) is 0. The monoisotopic (exact) mass is 319 g/mol. The van der Waals surface area contributed by atoms with Crippen molar-refractivity contribution in [1.29, 1.82) is 0 Å². The number of rotatable bonds is 1. The molecule has 1 N–H and O–H groups in total. The first-order valence-electron chi connectivity index (χ1n) is 9.80. The molecule has 0 bridgehead atoms. The Hall–Kier alpha value is -0.570. The van der Waals surface area contributed by atoms with Crippen LogP contribution in [0, 0.1) is 29.1 Å². The van der Waals surface area contributed by atoms with Crippen LogP contribution in [0.3, 0.4) is 0 Å². The molecule has 0 radical (unpaired) electrons. The number of hydrogen-bond acceptors (Lipinski definition) is 2. The first-order valence-corrected chi connectivity index (χ1v) is 9.80. The molecule has 0 aromatic carbocycles. The third-order valence-electron chi connectivity index (χ3n) is 8.45. The number of piperidine rings is 1. The van der Waals surface area contributed by atoms with Crippen LogP contribution in [0.2, 0.25) is 0 Å². The van der Waals surface area contributed by atoms with E-state index in [-0.39, 0.29) is 11.4 Å². The van der Waals surface area contributed by atoms with E-state index in [0.717, 1.165) is 30.6 Å². The van der Waals surface area contributed by atoms with Gasteiger partial charge < -0.3 is 10.1 Å². The van der Waals surface area contributed by atoms with Gasteiger partial charge >= 0.3 is 0 Å². The molecule has 0 spiro atoms. The predicted molar refractivity (Wildman–Crippen MR) is 91.0 cm³/mol. The number of nitrogens with one attached hydrogen (secondary N) is 1. The maximum Gasteiger partial charge on any atom is 0.220 e. The van der Waals surface area contributed by atoms with Crippen molar-refractivity contribution in [2.75, 3.05) is 7.11 Å². The Balaban J connectivity index is 1.58. The van der Waals surface area contributed by atoms with Crippen LogP contribution in [0.15, 0.2) is 0 Å². The van der Waals surface area contributed by atoms with E-state index in [4.69, 9.17) is 4.74 Å². The van der Waals surface area contributed by atoms with Crippen molar-refractivity contribution in [2.45, 2.75) is 83.3 Å². The third-order valence-corrected chi connectivity index (χ3v) is 8.45. The molecule has 130 valence electrons. The molecular formula is C20H33NO2. The van der Waals surface area contributed by atoms with Crippen molar-refractivity contribution < 1.29 is 9.53 Å². The number of carbonyl (C=O) groups excluding carboxylic acids is 1. The molecule has 23 heavy (non-hydrogen) atoms. The SMILES string of the molecule is CO[C@H]1CC[C@@]2(C)[C@@H](CC[C@@H]3[C@@H]2CC[C@]2(C)NC(=O)CC[C@@H]32)C1. The number of hydrogen-bond donors (Lipinski definition) is 1. The third kappa shape index (κ3) is 2.37. The number of methoxy groups -OCH3 is 1. The Morgan fingerprint density at radius 1 is 1.04 bits per heavy atom. The number of ether oxygens (including phenoxy) is 1. The van der Waals surface area contributed by atoms with Crippen LogP contribution < -0.4 is 5.32 Å². The highest BCUT2D eigenvalue weighted by molar-refractivity contribution is 5.77. The summed E-state index contributed by atoms with van der Waals surface area (Å²) in [6.07, 6.45) is 11.4. The summed E-state index contributed by atoms with van der Waals surface area (Å²) in [6.45, 7) is 4.91. The van der Waals surface area contributed by atoms with Crippen LogP contribution >= 0.6 is 0 Å². The second kappa shape index (κ2) is 5.47. The first kappa shape index (κ1) is 15.9. The fourth-order valence-electron chi connectivity index (χ4n) is 7.11. The van der Waals surface area contributed by atoms with Gasteiger partial charge in [0, 0.05) is 19.1 Å². The topological polar surface area (TPSA) is 38.3 Å². The molecule has 3 nitrogen and oxygen atoms in total. The Kier molecular flexibility index (Phi) is 3.79. The standard InChI is InChI=1S/C20H33NO2/c1-19-10-8-14(23-3)12-13(19)4-5-15-16(19)9-11-20(2)17(15)6-7-18(22)21-20/h13-17H,4-12H2,1-3H3,(H,21,22)/t13-,14-,15+,16-,17-,19-,20-/m0/s1. The quantitative estimate of drug-likeness (QED) is 0.795. The zero-order valence-corrected chi connectivity index (χ0v) is 15.1. The van der Waals surface area contributed by atoms with Crippen LogP contribution in [0.25, 0.3) is 0 Å². The van der Waals surface area contributed by atoms with Crippen LogP contribution in [-0.4, -0.2) is 24.7 Å². The highest BCUT2D eigenvalue weighted by Crippen LogP contribution is 2.62. The maximum absolute atomic E-state index is 11.9. The highest BCUT2D eigenvalue weighted by atomic mass is 16.5. The summed E-state index contributed by atoms with van der Waals surface area (Å²) >= 11 is 0. The van der Waals surface area contributed by atoms with Gasteiger partial charge in [0.05, 0.1) is 6.10 Å². The largest absolute Gasteiger partial charge is 0.381 e. The van der Waals surface area contributed by atoms with Gasteiger partial charge in [-0.2, -0.15) is 0 Å². The summed E-state index contributed by atoms with van der Waals surface area (Å²) in [7, 11) is 1.88. The van der Waals surface area contributed by atoms with E-state index >= 15 is 0 Å². The molecule has 1 aliphatic heterocycles. The number of fused-ring (bicyclic) bond motifs is 5. The zero-order chi connectivity index (χ0) is 16.2. The second-order valence-corrected chi connectivity index (χ2v) is 9.33. The summed E-state index contributed by atoms with van der Waals surface area (Å²) in [5, 5.41) is 3.37. The van der Waals surface area contributed by atoms with E-state index in [0.29, 0.717) is 17.4 Å². The van der Waals surface area contributed by atoms with Crippen LogP contribution in [0.1, 0.15) is 71.6 Å². The average molecular weight is 319 g/mol. The van der Waals surface area contributed by atoms with Crippen molar-refractivity contribution >= 4 is 5.91 Å². The molecule has 4 fully saturated rings. The molecular weight excluding hydrogens is 286 g/mol. The number of carbonyl (C=O) groups is 1. The van der Waals surface area contributed by atoms with Crippen LogP contribution in [-0.2, 0) is 9.53 Å². The Morgan fingerprint density at radius 2 is 1.87 bits per heavy atom. The van der Waals surface area contributed by atoms with E-state index in [1.54, 1.807) is 0 Å². The van der Waals surface area contributed by atoms with Crippen molar-refractivity contribution in [3.05, 3.63) is 0 Å². The fraction of sp³-hybridized carbons (Fsp3) is 0.950. The van der Waals surface area contributed by atoms with E-state index in [9.17, 15) is 4.79 Å². The summed E-state index contributed by atoms with van der Waals surface area (Å²) in [5.41, 5.74) is 0.587. The molecule has 3 heteroatoms. The summed E-state index contributed by atoms with van der Waals surface area (Å²) in [5.74, 6) is 3.53. The minimum Gasteiger partial charge on any atom is -0.381 e. The fourth-order valence-corrected chi connectivity index (χ4v) is 7.11. The van der Waals surface area contributed by atoms with E-state index in [2.05, 4.69) is 19.2 Å². The van der Waals surface area contributed by atoms with Gasteiger partial charge in [0.1, 0.15) is 0 Å². The van der Waals surface area contributed by atoms with Crippen molar-refractivity contribution in [2.24, 2.45) is 29.1 Å². The van der Waals surface area contributed by atoms with Gasteiger partial charge in [0.15, 0.2) is 0 Å². The van der Waals surface area contributed by atoms with Gasteiger partial charge in [-0.1, -0.05) is 6.92 Å². The lowest BCUT2D eigenvalue weighted by atomic mass is 9.45. The molecule has 3 aliphatic carbocycles. The first-order chi connectivity index (χ1) is 11.0. The molecule has 0 aromatic rings. The molecule has 1 saturated heterocycles. The van der Waals surface area contributed by atoms with Crippen molar-refractivity contribution in [1.82, 2.24) is 5.32 Å². The summed E-state index contributed by atoms with van der Waals surface area (Å²) < 4.78 is 5.69. The van der Waals surface area contributed by atoms with Crippen LogP contribution in [0.5, 0.6) is 0 Å².